The van der Waals surface area contributed by atoms with Crippen molar-refractivity contribution in [3.05, 3.63) is 46.3 Å². The number of hydrogen-bond acceptors (Lipinski definition) is 10. The van der Waals surface area contributed by atoms with Gasteiger partial charge in [0, 0.05) is 43.9 Å². The van der Waals surface area contributed by atoms with Gasteiger partial charge in [0.1, 0.15) is 0 Å². The SMILES string of the molecule is COC1CC/C=C(\C)C(=O)NC2=CC(=O)C(NC[C@H](C)O)=C(C[C@@H](C)C[C@H](OC)[C@H](O)[C@@H](C)/C=C(\C)[C@@H]1OC(N)=O)C2=O. The third kappa shape index (κ3) is 10.1. The van der Waals surface area contributed by atoms with Crippen LogP contribution in [0.3, 0.4) is 0 Å². The lowest BCUT2D eigenvalue weighted by molar-refractivity contribution is -0.120. The Labute approximate surface area is 253 Å². The summed E-state index contributed by atoms with van der Waals surface area (Å²) in [6.07, 6.45) is 0.909. The van der Waals surface area contributed by atoms with Gasteiger partial charge in [0.2, 0.25) is 11.6 Å². The zero-order valence-electron chi connectivity index (χ0n) is 26.1. The number of fused-ring (bicyclic) bond motifs is 2. The molecule has 12 nitrogen and oxygen atoms in total. The Balaban J connectivity index is 2.57. The molecule has 1 aliphatic heterocycles. The molecule has 43 heavy (non-hydrogen) atoms. The van der Waals surface area contributed by atoms with Crippen LogP contribution in [0, 0.1) is 11.8 Å². The number of nitrogens with two attached hydrogens (primary N) is 1. The van der Waals surface area contributed by atoms with Gasteiger partial charge in [0.05, 0.1) is 35.8 Å². The first-order valence-corrected chi connectivity index (χ1v) is 14.5. The predicted molar refractivity (Wildman–Crippen MR) is 159 cm³/mol. The van der Waals surface area contributed by atoms with E-state index in [1.165, 1.54) is 14.2 Å². The molecule has 0 aromatic carbocycles. The quantitative estimate of drug-likeness (QED) is 0.221. The van der Waals surface area contributed by atoms with E-state index in [9.17, 15) is 29.4 Å². The lowest BCUT2D eigenvalue weighted by atomic mass is 9.85. The van der Waals surface area contributed by atoms with Crippen LogP contribution in [0.2, 0.25) is 0 Å². The highest BCUT2D eigenvalue weighted by Crippen LogP contribution is 2.29. The van der Waals surface area contributed by atoms with Gasteiger partial charge in [-0.2, -0.15) is 0 Å². The minimum atomic E-state index is -0.976. The second-order valence-corrected chi connectivity index (χ2v) is 11.5. The van der Waals surface area contributed by atoms with Gasteiger partial charge in [-0.3, -0.25) is 14.4 Å². The van der Waals surface area contributed by atoms with Crippen LogP contribution in [0.5, 0.6) is 0 Å². The zero-order valence-corrected chi connectivity index (χ0v) is 26.1. The number of nitrogens with one attached hydrogen (secondary N) is 2. The van der Waals surface area contributed by atoms with Crippen LogP contribution in [-0.4, -0.2) is 85.1 Å². The topological polar surface area (TPSA) is 187 Å². The van der Waals surface area contributed by atoms with Crippen LogP contribution in [0.15, 0.2) is 46.3 Å². The van der Waals surface area contributed by atoms with E-state index in [0.717, 1.165) is 6.08 Å². The van der Waals surface area contributed by atoms with Crippen LogP contribution < -0.4 is 16.4 Å². The molecule has 2 aliphatic rings. The third-order valence-corrected chi connectivity index (χ3v) is 7.69. The Morgan fingerprint density at radius 1 is 1.16 bits per heavy atom. The van der Waals surface area contributed by atoms with Crippen LogP contribution >= 0.6 is 0 Å². The summed E-state index contributed by atoms with van der Waals surface area (Å²) in [7, 11) is 2.96. The van der Waals surface area contributed by atoms with Crippen molar-refractivity contribution in [2.45, 2.75) is 90.8 Å². The lowest BCUT2D eigenvalue weighted by Gasteiger charge is -2.30. The number of ketones is 2. The number of carbonyl (C=O) groups is 4. The molecule has 0 fully saturated rings. The van der Waals surface area contributed by atoms with Crippen molar-refractivity contribution in [2.24, 2.45) is 17.6 Å². The number of methoxy groups -OCH3 is 2. The molecule has 0 spiro atoms. The summed E-state index contributed by atoms with van der Waals surface area (Å²) >= 11 is 0. The number of ether oxygens (including phenoxy) is 3. The maximum Gasteiger partial charge on any atom is 0.405 e. The summed E-state index contributed by atoms with van der Waals surface area (Å²) < 4.78 is 16.7. The lowest BCUT2D eigenvalue weighted by Crippen LogP contribution is -2.38. The average Bonchev–Trinajstić information content (AvgIpc) is 2.93. The van der Waals surface area contributed by atoms with Gasteiger partial charge in [0.25, 0.3) is 5.91 Å². The largest absolute Gasteiger partial charge is 0.439 e. The van der Waals surface area contributed by atoms with Gasteiger partial charge >= 0.3 is 6.09 Å². The first-order valence-electron chi connectivity index (χ1n) is 14.5. The fourth-order valence-electron chi connectivity index (χ4n) is 5.33. The number of carbonyl (C=O) groups excluding carboxylic acids is 4. The number of primary amides is 1. The number of hydrogen-bond donors (Lipinski definition) is 5. The molecule has 0 saturated heterocycles. The summed E-state index contributed by atoms with van der Waals surface area (Å²) in [4.78, 5) is 51.5. The highest BCUT2D eigenvalue weighted by atomic mass is 16.6. The molecule has 2 bridgehead atoms. The fraction of sp³-hybridized carbons (Fsp3) is 0.613. The molecular formula is C31H47N3O9. The first kappa shape index (κ1) is 35.9. The standard InChI is InChI=1S/C31H47N3O9/c1-16-11-21-26(33-15-20(5)35)23(36)14-22(28(21)38)34-30(39)17(2)9-8-10-24(41-6)29(43-31(32)40)19(4)13-18(3)27(37)25(12-16)42-7/h9,13-14,16,18,20,24-25,27,29,33,35,37H,8,10-12,15H2,1-7H3,(H2,32,40)(H,34,39)/b17-9+,19-13+/t16-,18+,20+,24?,25+,27-,29+/m1/s1. The summed E-state index contributed by atoms with van der Waals surface area (Å²) in [5.74, 6) is -2.23. The van der Waals surface area contributed by atoms with E-state index in [4.69, 9.17) is 19.9 Å². The van der Waals surface area contributed by atoms with Crippen molar-refractivity contribution < 1.29 is 43.6 Å². The number of aliphatic hydroxyl groups excluding tert-OH is 2. The number of aliphatic hydroxyl groups is 2. The van der Waals surface area contributed by atoms with Crippen molar-refractivity contribution in [2.75, 3.05) is 20.8 Å². The predicted octanol–water partition coefficient (Wildman–Crippen LogP) is 1.96. The van der Waals surface area contributed by atoms with E-state index in [-0.39, 0.29) is 35.9 Å². The van der Waals surface area contributed by atoms with Gasteiger partial charge in [-0.05, 0) is 57.9 Å². The summed E-state index contributed by atoms with van der Waals surface area (Å²) in [5.41, 5.74) is 6.40. The number of amides is 2. The maximum absolute atomic E-state index is 13.6. The molecule has 2 rings (SSSR count). The van der Waals surface area contributed by atoms with Crippen molar-refractivity contribution in [1.29, 1.82) is 0 Å². The Kier molecular flexibility index (Phi) is 13.8. The summed E-state index contributed by atoms with van der Waals surface area (Å²) in [5, 5.41) is 26.5. The third-order valence-electron chi connectivity index (χ3n) is 7.69. The van der Waals surface area contributed by atoms with Gasteiger partial charge in [-0.1, -0.05) is 26.0 Å². The summed E-state index contributed by atoms with van der Waals surface area (Å²) in [6, 6.07) is 0. The Morgan fingerprint density at radius 3 is 2.40 bits per heavy atom. The fourth-order valence-corrected chi connectivity index (χ4v) is 5.33. The molecule has 240 valence electrons. The molecule has 0 aromatic heterocycles. The van der Waals surface area contributed by atoms with E-state index in [2.05, 4.69) is 10.6 Å². The smallest absolute Gasteiger partial charge is 0.405 e. The molecule has 1 aliphatic carbocycles. The van der Waals surface area contributed by atoms with E-state index in [1.54, 1.807) is 39.8 Å². The second-order valence-electron chi connectivity index (χ2n) is 11.5. The van der Waals surface area contributed by atoms with Crippen molar-refractivity contribution in [3.8, 4) is 0 Å². The van der Waals surface area contributed by atoms with E-state index < -0.39 is 60.0 Å². The van der Waals surface area contributed by atoms with E-state index in [0.29, 0.717) is 30.4 Å². The number of Topliss-reactive ketones (excluding diaryl/α,β-unsaturated/α-hetero) is 1. The van der Waals surface area contributed by atoms with Crippen molar-refractivity contribution >= 4 is 23.6 Å². The normalized spacial score (nSPS) is 31.7. The monoisotopic (exact) mass is 605 g/mol. The van der Waals surface area contributed by atoms with Gasteiger partial charge in [0.15, 0.2) is 6.10 Å². The van der Waals surface area contributed by atoms with Crippen LogP contribution in [0.1, 0.15) is 60.3 Å². The second kappa shape index (κ2) is 16.5. The highest BCUT2D eigenvalue weighted by Gasteiger charge is 2.33. The van der Waals surface area contributed by atoms with Crippen molar-refractivity contribution in [1.82, 2.24) is 10.6 Å². The molecule has 1 unspecified atom stereocenters. The van der Waals surface area contributed by atoms with Gasteiger partial charge < -0.3 is 40.8 Å². The Hall–Kier alpha value is -3.32. The summed E-state index contributed by atoms with van der Waals surface area (Å²) in [6.45, 7) is 8.62. The minimum Gasteiger partial charge on any atom is -0.439 e. The molecule has 0 aromatic rings. The zero-order chi connectivity index (χ0) is 32.4. The molecular weight excluding hydrogens is 558 g/mol. The van der Waals surface area contributed by atoms with Gasteiger partial charge in [-0.25, -0.2) is 4.79 Å². The van der Waals surface area contributed by atoms with E-state index in [1.807, 2.05) is 6.92 Å². The molecule has 12 heteroatoms. The van der Waals surface area contributed by atoms with Gasteiger partial charge in [-0.15, -0.1) is 0 Å². The Bertz CT molecular complexity index is 1170. The van der Waals surface area contributed by atoms with Crippen molar-refractivity contribution in [3.63, 3.8) is 0 Å². The van der Waals surface area contributed by atoms with Crippen LogP contribution in [0.25, 0.3) is 0 Å². The molecule has 7 atom stereocenters. The molecule has 0 radical (unpaired) electrons. The first-order chi connectivity index (χ1) is 20.2. The van der Waals surface area contributed by atoms with Crippen LogP contribution in [0.4, 0.5) is 4.79 Å². The van der Waals surface area contributed by atoms with E-state index >= 15 is 0 Å². The average molecular weight is 606 g/mol. The molecule has 2 amide bonds. The minimum absolute atomic E-state index is 0.0507. The van der Waals surface area contributed by atoms with Crippen LogP contribution in [-0.2, 0) is 28.6 Å². The molecule has 6 N–H and O–H groups in total. The number of allylic oxidation sites excluding steroid dienone is 3. The maximum atomic E-state index is 13.6. The Morgan fingerprint density at radius 2 is 1.81 bits per heavy atom. The highest BCUT2D eigenvalue weighted by molar-refractivity contribution is 6.23. The molecule has 1 heterocycles. The molecule has 0 saturated carbocycles. The number of rotatable bonds is 6.